The average molecular weight is 177 g/mol. The zero-order chi connectivity index (χ0) is 8.69. The predicted molar refractivity (Wildman–Crippen MR) is 48.2 cm³/mol. The largest absolute Gasteiger partial charge is 0.480 e. The molecular weight excluding hydrogens is 162 g/mol. The fourth-order valence-corrected chi connectivity index (χ4v) is 0.968. The molecule has 0 amide bonds. The Bertz CT molecular complexity index is 119. The van der Waals surface area contributed by atoms with Crippen LogP contribution >= 0.6 is 12.6 Å². The van der Waals surface area contributed by atoms with Crippen LogP contribution in [0.4, 0.5) is 0 Å². The van der Waals surface area contributed by atoms with Crippen molar-refractivity contribution in [2.75, 3.05) is 12.3 Å². The lowest BCUT2D eigenvalue weighted by atomic mass is 10.3. The van der Waals surface area contributed by atoms with Crippen LogP contribution in [0.2, 0.25) is 0 Å². The number of hydrogen-bond acceptors (Lipinski definition) is 3. The first-order chi connectivity index (χ1) is 5.22. The molecule has 0 bridgehead atoms. The van der Waals surface area contributed by atoms with E-state index in [-0.39, 0.29) is 0 Å². The van der Waals surface area contributed by atoms with Crippen molar-refractivity contribution in [2.45, 2.75) is 25.8 Å². The molecular formula is C7H15NO2S. The number of carboxylic acids is 1. The summed E-state index contributed by atoms with van der Waals surface area (Å²) in [4.78, 5) is 10.4. The lowest BCUT2D eigenvalue weighted by Gasteiger charge is -2.10. The van der Waals surface area contributed by atoms with Crippen LogP contribution in [0, 0.1) is 0 Å². The average Bonchev–Trinajstić information content (AvgIpc) is 1.97. The Labute approximate surface area is 72.6 Å². The quantitative estimate of drug-likeness (QED) is 0.415. The zero-order valence-corrected chi connectivity index (χ0v) is 7.60. The highest BCUT2D eigenvalue weighted by molar-refractivity contribution is 7.80. The first-order valence-corrected chi connectivity index (χ1v) is 4.42. The molecule has 0 rings (SSSR count). The van der Waals surface area contributed by atoms with Gasteiger partial charge in [0.2, 0.25) is 0 Å². The van der Waals surface area contributed by atoms with E-state index in [2.05, 4.69) is 24.9 Å². The number of thiol groups is 1. The highest BCUT2D eigenvalue weighted by Crippen LogP contribution is 1.90. The van der Waals surface area contributed by atoms with E-state index in [1.165, 1.54) is 0 Å². The Morgan fingerprint density at radius 2 is 2.36 bits per heavy atom. The maximum atomic E-state index is 10.4. The maximum absolute atomic E-state index is 10.4. The first-order valence-electron chi connectivity index (χ1n) is 3.79. The second kappa shape index (κ2) is 6.49. The van der Waals surface area contributed by atoms with Gasteiger partial charge >= 0.3 is 5.97 Å². The molecule has 4 heteroatoms. The van der Waals surface area contributed by atoms with Crippen LogP contribution in [0.3, 0.4) is 0 Å². The molecule has 0 unspecified atom stereocenters. The third-order valence-electron chi connectivity index (χ3n) is 1.40. The number of hydrogen-bond donors (Lipinski definition) is 3. The van der Waals surface area contributed by atoms with Crippen LogP contribution < -0.4 is 5.32 Å². The molecule has 0 saturated carbocycles. The van der Waals surface area contributed by atoms with Crippen LogP contribution in [0.25, 0.3) is 0 Å². The number of unbranched alkanes of at least 4 members (excludes halogenated alkanes) is 1. The number of aliphatic carboxylic acids is 1. The first kappa shape index (κ1) is 10.8. The Kier molecular flexibility index (Phi) is 6.36. The standard InChI is InChI=1S/C7H15NO2S/c1-2-3-4-8-6(5-11)7(9)10/h6,8,11H,2-5H2,1H3,(H,9,10)/t6-/m1/s1. The van der Waals surface area contributed by atoms with Gasteiger partial charge in [-0.3, -0.25) is 4.79 Å². The van der Waals surface area contributed by atoms with E-state index in [0.717, 1.165) is 19.4 Å². The molecule has 0 aliphatic rings. The number of carbonyl (C=O) groups is 1. The number of rotatable bonds is 6. The fraction of sp³-hybridized carbons (Fsp3) is 0.857. The minimum absolute atomic E-state index is 0.346. The third kappa shape index (κ3) is 5.09. The van der Waals surface area contributed by atoms with Gasteiger partial charge in [-0.2, -0.15) is 12.6 Å². The summed E-state index contributed by atoms with van der Waals surface area (Å²) in [5.74, 6) is -0.477. The highest BCUT2D eigenvalue weighted by atomic mass is 32.1. The van der Waals surface area contributed by atoms with Gasteiger partial charge in [0.25, 0.3) is 0 Å². The van der Waals surface area contributed by atoms with Gasteiger partial charge < -0.3 is 10.4 Å². The van der Waals surface area contributed by atoms with Crippen LogP contribution in [0.15, 0.2) is 0 Å². The van der Waals surface area contributed by atoms with Gasteiger partial charge in [-0.15, -0.1) is 0 Å². The Balaban J connectivity index is 3.44. The number of nitrogens with one attached hydrogen (secondary N) is 1. The van der Waals surface area contributed by atoms with Crippen molar-refractivity contribution < 1.29 is 9.90 Å². The Morgan fingerprint density at radius 3 is 2.73 bits per heavy atom. The second-order valence-corrected chi connectivity index (χ2v) is 2.75. The molecule has 3 nitrogen and oxygen atoms in total. The van der Waals surface area contributed by atoms with Crippen molar-refractivity contribution in [3.05, 3.63) is 0 Å². The van der Waals surface area contributed by atoms with Gasteiger partial charge in [0.15, 0.2) is 0 Å². The molecule has 0 aromatic carbocycles. The van der Waals surface area contributed by atoms with Crippen LogP contribution in [0.5, 0.6) is 0 Å². The van der Waals surface area contributed by atoms with E-state index in [0.29, 0.717) is 5.75 Å². The SMILES string of the molecule is CCCCN[C@H](CS)C(=O)O. The summed E-state index contributed by atoms with van der Waals surface area (Å²) in [6.45, 7) is 2.83. The van der Waals surface area contributed by atoms with Gasteiger partial charge in [-0.1, -0.05) is 13.3 Å². The molecule has 0 aliphatic carbocycles. The minimum atomic E-state index is -0.823. The van der Waals surface area contributed by atoms with Crippen molar-refractivity contribution >= 4 is 18.6 Å². The molecule has 11 heavy (non-hydrogen) atoms. The van der Waals surface area contributed by atoms with Crippen molar-refractivity contribution in [1.82, 2.24) is 5.32 Å². The van der Waals surface area contributed by atoms with E-state index in [1.54, 1.807) is 0 Å². The van der Waals surface area contributed by atoms with Gasteiger partial charge in [0.05, 0.1) is 0 Å². The topological polar surface area (TPSA) is 49.3 Å². The molecule has 0 saturated heterocycles. The molecule has 0 heterocycles. The highest BCUT2D eigenvalue weighted by Gasteiger charge is 2.12. The van der Waals surface area contributed by atoms with E-state index >= 15 is 0 Å². The van der Waals surface area contributed by atoms with Crippen molar-refractivity contribution in [1.29, 1.82) is 0 Å². The summed E-state index contributed by atoms with van der Waals surface area (Å²) >= 11 is 3.91. The third-order valence-corrected chi connectivity index (χ3v) is 1.77. The molecule has 0 aliphatic heterocycles. The molecule has 2 N–H and O–H groups in total. The van der Waals surface area contributed by atoms with Crippen molar-refractivity contribution in [2.24, 2.45) is 0 Å². The molecule has 0 spiro atoms. The van der Waals surface area contributed by atoms with Crippen LogP contribution in [0.1, 0.15) is 19.8 Å². The maximum Gasteiger partial charge on any atom is 0.321 e. The number of carboxylic acid groups (broad SMARTS) is 1. The minimum Gasteiger partial charge on any atom is -0.480 e. The van der Waals surface area contributed by atoms with Gasteiger partial charge in [0, 0.05) is 5.75 Å². The molecule has 0 radical (unpaired) electrons. The van der Waals surface area contributed by atoms with Gasteiger partial charge in [-0.05, 0) is 13.0 Å². The van der Waals surface area contributed by atoms with E-state index in [9.17, 15) is 4.79 Å². The van der Waals surface area contributed by atoms with Gasteiger partial charge in [0.1, 0.15) is 6.04 Å². The molecule has 0 aromatic rings. The monoisotopic (exact) mass is 177 g/mol. The lowest BCUT2D eigenvalue weighted by Crippen LogP contribution is -2.38. The van der Waals surface area contributed by atoms with Gasteiger partial charge in [-0.25, -0.2) is 0 Å². The fourth-order valence-electron chi connectivity index (χ4n) is 0.683. The lowest BCUT2D eigenvalue weighted by molar-refractivity contribution is -0.138. The summed E-state index contributed by atoms with van der Waals surface area (Å²) < 4.78 is 0. The van der Waals surface area contributed by atoms with Crippen LogP contribution in [-0.2, 0) is 4.79 Å². The summed E-state index contributed by atoms with van der Waals surface area (Å²) in [5.41, 5.74) is 0. The molecule has 0 aromatic heterocycles. The van der Waals surface area contributed by atoms with E-state index in [1.807, 2.05) is 0 Å². The van der Waals surface area contributed by atoms with Crippen LogP contribution in [-0.4, -0.2) is 29.4 Å². The van der Waals surface area contributed by atoms with E-state index in [4.69, 9.17) is 5.11 Å². The summed E-state index contributed by atoms with van der Waals surface area (Å²) in [6.07, 6.45) is 2.09. The second-order valence-electron chi connectivity index (χ2n) is 2.38. The molecule has 1 atom stereocenters. The Morgan fingerprint density at radius 1 is 1.73 bits per heavy atom. The predicted octanol–water partition coefficient (Wildman–Crippen LogP) is 0.759. The molecule has 0 fully saturated rings. The van der Waals surface area contributed by atoms with Crippen molar-refractivity contribution in [3.63, 3.8) is 0 Å². The summed E-state index contributed by atoms with van der Waals surface area (Å²) in [5, 5.41) is 11.5. The molecule has 66 valence electrons. The van der Waals surface area contributed by atoms with E-state index < -0.39 is 12.0 Å². The van der Waals surface area contributed by atoms with Crippen molar-refractivity contribution in [3.8, 4) is 0 Å². The normalized spacial score (nSPS) is 12.9. The summed E-state index contributed by atoms with van der Waals surface area (Å²) in [6, 6.07) is -0.495. The summed E-state index contributed by atoms with van der Waals surface area (Å²) in [7, 11) is 0. The Hall–Kier alpha value is -0.220. The zero-order valence-electron chi connectivity index (χ0n) is 6.71. The smallest absolute Gasteiger partial charge is 0.321 e.